The molecule has 1 heterocycles. The van der Waals surface area contributed by atoms with Crippen LogP contribution in [0.25, 0.3) is 0 Å². The van der Waals surface area contributed by atoms with E-state index in [0.717, 1.165) is 0 Å². The maximum Gasteiger partial charge on any atom is 0.246 e. The fourth-order valence-electron chi connectivity index (χ4n) is 2.80. The van der Waals surface area contributed by atoms with Gasteiger partial charge in [0.2, 0.25) is 15.9 Å². The minimum atomic E-state index is -3.63. The lowest BCUT2D eigenvalue weighted by Gasteiger charge is -2.26. The van der Waals surface area contributed by atoms with Gasteiger partial charge >= 0.3 is 0 Å². The number of benzene rings is 2. The van der Waals surface area contributed by atoms with E-state index in [0.29, 0.717) is 32.0 Å². The van der Waals surface area contributed by atoms with Crippen LogP contribution in [0, 0.1) is 5.82 Å². The van der Waals surface area contributed by atoms with E-state index in [4.69, 9.17) is 4.74 Å². The second kappa shape index (κ2) is 8.68. The Labute approximate surface area is 163 Å². The normalized spacial score (nSPS) is 16.4. The maximum absolute atomic E-state index is 13.7. The second-order valence-corrected chi connectivity index (χ2v) is 8.32. The summed E-state index contributed by atoms with van der Waals surface area (Å²) in [6.07, 6.45) is 0. The van der Waals surface area contributed by atoms with Crippen molar-refractivity contribution >= 4 is 27.3 Å². The Kier molecular flexibility index (Phi) is 6.28. The molecule has 1 atom stereocenters. The highest BCUT2D eigenvalue weighted by molar-refractivity contribution is 7.89. The summed E-state index contributed by atoms with van der Waals surface area (Å²) < 4.78 is 45.8. The lowest BCUT2D eigenvalue weighted by Crippen LogP contribution is -2.40. The summed E-state index contributed by atoms with van der Waals surface area (Å²) in [5.41, 5.74) is 0.565. The molecule has 1 aliphatic heterocycles. The zero-order chi connectivity index (χ0) is 20.1. The summed E-state index contributed by atoms with van der Waals surface area (Å²) in [5.74, 6) is -0.965. The summed E-state index contributed by atoms with van der Waals surface area (Å²) in [5, 5.41) is 5.46. The molecule has 2 N–H and O–H groups in total. The van der Waals surface area contributed by atoms with Crippen LogP contribution in [0.3, 0.4) is 0 Å². The molecule has 0 aromatic heterocycles. The molecule has 28 heavy (non-hydrogen) atoms. The Balaban J connectivity index is 1.70. The molecule has 1 amide bonds. The van der Waals surface area contributed by atoms with Gasteiger partial charge in [0.15, 0.2) is 0 Å². The topological polar surface area (TPSA) is 87.7 Å². The highest BCUT2D eigenvalue weighted by atomic mass is 32.2. The Bertz CT molecular complexity index is 946. The van der Waals surface area contributed by atoms with Gasteiger partial charge in [-0.3, -0.25) is 4.79 Å². The number of rotatable bonds is 6. The van der Waals surface area contributed by atoms with E-state index in [1.165, 1.54) is 34.6 Å². The zero-order valence-electron chi connectivity index (χ0n) is 15.4. The number of morpholine rings is 1. The number of nitrogens with one attached hydrogen (secondary N) is 2. The van der Waals surface area contributed by atoms with Gasteiger partial charge in [0.05, 0.1) is 23.8 Å². The average molecular weight is 407 g/mol. The Morgan fingerprint density at radius 3 is 2.57 bits per heavy atom. The van der Waals surface area contributed by atoms with Crippen molar-refractivity contribution in [1.82, 2.24) is 4.31 Å². The van der Waals surface area contributed by atoms with Crippen molar-refractivity contribution < 1.29 is 22.3 Å². The third-order valence-corrected chi connectivity index (χ3v) is 6.24. The Morgan fingerprint density at radius 2 is 1.86 bits per heavy atom. The molecule has 0 saturated carbocycles. The molecule has 2 aromatic carbocycles. The Hall–Kier alpha value is -2.49. The lowest BCUT2D eigenvalue weighted by atomic mass is 10.2. The number of hydrogen-bond donors (Lipinski definition) is 2. The van der Waals surface area contributed by atoms with Gasteiger partial charge in [0, 0.05) is 18.8 Å². The number of nitrogens with zero attached hydrogens (tertiary/aromatic N) is 1. The summed E-state index contributed by atoms with van der Waals surface area (Å²) >= 11 is 0. The van der Waals surface area contributed by atoms with Crippen LogP contribution < -0.4 is 10.6 Å². The third-order valence-electron chi connectivity index (χ3n) is 4.35. The number of para-hydroxylation sites is 1. The quantitative estimate of drug-likeness (QED) is 0.767. The first kappa shape index (κ1) is 20.2. The molecule has 3 rings (SSSR count). The number of sulfonamides is 1. The molecular formula is C19H22FN3O4S. The average Bonchev–Trinajstić information content (AvgIpc) is 2.70. The van der Waals surface area contributed by atoms with Crippen LogP contribution in [0.5, 0.6) is 0 Å². The van der Waals surface area contributed by atoms with Crippen LogP contribution in [0.4, 0.5) is 15.8 Å². The van der Waals surface area contributed by atoms with Gasteiger partial charge in [-0.15, -0.1) is 0 Å². The molecule has 2 aromatic rings. The largest absolute Gasteiger partial charge is 0.379 e. The molecule has 1 saturated heterocycles. The molecule has 0 spiro atoms. The van der Waals surface area contributed by atoms with Crippen LogP contribution >= 0.6 is 0 Å². The van der Waals surface area contributed by atoms with Gasteiger partial charge in [-0.25, -0.2) is 12.8 Å². The highest BCUT2D eigenvalue weighted by Crippen LogP contribution is 2.21. The number of carbonyl (C=O) groups excluding carboxylic acids is 1. The van der Waals surface area contributed by atoms with Crippen LogP contribution in [-0.4, -0.2) is 51.0 Å². The predicted octanol–water partition coefficient (Wildman–Crippen LogP) is 2.29. The Morgan fingerprint density at radius 1 is 1.14 bits per heavy atom. The minimum Gasteiger partial charge on any atom is -0.379 e. The van der Waals surface area contributed by atoms with E-state index in [1.807, 2.05) is 0 Å². The van der Waals surface area contributed by atoms with Crippen molar-refractivity contribution in [2.45, 2.75) is 17.9 Å². The van der Waals surface area contributed by atoms with E-state index >= 15 is 0 Å². The van der Waals surface area contributed by atoms with Crippen LogP contribution in [0.2, 0.25) is 0 Å². The van der Waals surface area contributed by atoms with E-state index in [1.54, 1.807) is 25.1 Å². The number of anilines is 2. The molecule has 9 heteroatoms. The number of ether oxygens (including phenoxy) is 1. The second-order valence-electron chi connectivity index (χ2n) is 6.38. The first-order valence-electron chi connectivity index (χ1n) is 8.88. The molecule has 7 nitrogen and oxygen atoms in total. The van der Waals surface area contributed by atoms with Gasteiger partial charge in [0.25, 0.3) is 0 Å². The molecule has 0 bridgehead atoms. The maximum atomic E-state index is 13.7. The van der Waals surface area contributed by atoms with Crippen LogP contribution in [0.1, 0.15) is 6.92 Å². The molecule has 1 unspecified atom stereocenters. The monoisotopic (exact) mass is 407 g/mol. The van der Waals surface area contributed by atoms with Gasteiger partial charge in [-0.1, -0.05) is 18.2 Å². The predicted molar refractivity (Wildman–Crippen MR) is 104 cm³/mol. The molecule has 1 aliphatic rings. The molecule has 0 aliphatic carbocycles. The van der Waals surface area contributed by atoms with Gasteiger partial charge in [-0.05, 0) is 37.3 Å². The molecular weight excluding hydrogens is 385 g/mol. The minimum absolute atomic E-state index is 0.0878. The van der Waals surface area contributed by atoms with Crippen LogP contribution in [-0.2, 0) is 19.6 Å². The smallest absolute Gasteiger partial charge is 0.246 e. The standard InChI is InChI=1S/C19H22FN3O4S/c1-14(19(24)22-18-8-3-2-7-17(18)20)21-15-5-4-6-16(13-15)28(25,26)23-9-11-27-12-10-23/h2-8,13-14,21H,9-12H2,1H3,(H,22,24). The van der Waals surface area contributed by atoms with Gasteiger partial charge in [0.1, 0.15) is 11.9 Å². The van der Waals surface area contributed by atoms with Crippen molar-refractivity contribution in [1.29, 1.82) is 0 Å². The van der Waals surface area contributed by atoms with Crippen molar-refractivity contribution in [2.75, 3.05) is 36.9 Å². The van der Waals surface area contributed by atoms with Crippen molar-refractivity contribution in [2.24, 2.45) is 0 Å². The third kappa shape index (κ3) is 4.67. The first-order valence-corrected chi connectivity index (χ1v) is 10.3. The van der Waals surface area contributed by atoms with Crippen LogP contribution in [0.15, 0.2) is 53.4 Å². The van der Waals surface area contributed by atoms with E-state index in [2.05, 4.69) is 10.6 Å². The first-order chi connectivity index (χ1) is 13.4. The zero-order valence-corrected chi connectivity index (χ0v) is 16.2. The highest BCUT2D eigenvalue weighted by Gasteiger charge is 2.26. The van der Waals surface area contributed by atoms with Crippen molar-refractivity contribution in [3.05, 3.63) is 54.3 Å². The van der Waals surface area contributed by atoms with Crippen molar-refractivity contribution in [3.63, 3.8) is 0 Å². The number of amides is 1. The van der Waals surface area contributed by atoms with Gasteiger partial charge in [-0.2, -0.15) is 4.31 Å². The number of halogens is 1. The summed E-state index contributed by atoms with van der Waals surface area (Å²) in [6.45, 7) is 2.96. The molecule has 0 radical (unpaired) electrons. The summed E-state index contributed by atoms with van der Waals surface area (Å²) in [4.78, 5) is 12.5. The van der Waals surface area contributed by atoms with E-state index < -0.39 is 27.8 Å². The fraction of sp³-hybridized carbons (Fsp3) is 0.316. The molecule has 1 fully saturated rings. The fourth-order valence-corrected chi connectivity index (χ4v) is 4.26. The lowest BCUT2D eigenvalue weighted by molar-refractivity contribution is -0.116. The van der Waals surface area contributed by atoms with E-state index in [9.17, 15) is 17.6 Å². The number of carbonyl (C=O) groups is 1. The summed E-state index contributed by atoms with van der Waals surface area (Å²) in [7, 11) is -3.63. The summed E-state index contributed by atoms with van der Waals surface area (Å²) in [6, 6.07) is 11.5. The van der Waals surface area contributed by atoms with Crippen molar-refractivity contribution in [3.8, 4) is 0 Å². The van der Waals surface area contributed by atoms with Gasteiger partial charge < -0.3 is 15.4 Å². The number of hydrogen-bond acceptors (Lipinski definition) is 5. The van der Waals surface area contributed by atoms with E-state index in [-0.39, 0.29) is 10.6 Å². The molecule has 150 valence electrons. The SMILES string of the molecule is CC(Nc1cccc(S(=O)(=O)N2CCOCC2)c1)C(=O)Nc1ccccc1F.